The van der Waals surface area contributed by atoms with E-state index in [0.29, 0.717) is 35.9 Å². The van der Waals surface area contributed by atoms with Crippen LogP contribution in [-0.4, -0.2) is 32.2 Å². The van der Waals surface area contributed by atoms with Gasteiger partial charge in [-0.1, -0.05) is 12.1 Å². The van der Waals surface area contributed by atoms with Crippen molar-refractivity contribution in [2.75, 3.05) is 25.2 Å². The second-order valence-electron chi connectivity index (χ2n) is 5.48. The maximum Gasteiger partial charge on any atom is 0.338 e. The molecular weight excluding hydrogens is 322 g/mol. The molecule has 0 N–H and O–H groups in total. The van der Waals surface area contributed by atoms with Gasteiger partial charge in [-0.25, -0.2) is 4.79 Å². The van der Waals surface area contributed by atoms with Crippen molar-refractivity contribution in [2.45, 2.75) is 13.5 Å². The van der Waals surface area contributed by atoms with Crippen molar-refractivity contribution < 1.29 is 23.8 Å². The van der Waals surface area contributed by atoms with Gasteiger partial charge in [-0.05, 0) is 37.3 Å². The molecule has 0 fully saturated rings. The molecule has 0 radical (unpaired) electrons. The number of rotatable bonds is 4. The van der Waals surface area contributed by atoms with E-state index in [0.717, 1.165) is 5.56 Å². The van der Waals surface area contributed by atoms with Crippen LogP contribution in [-0.2, 0) is 16.1 Å². The number of esters is 1. The van der Waals surface area contributed by atoms with Crippen molar-refractivity contribution in [2.24, 2.45) is 0 Å². The van der Waals surface area contributed by atoms with E-state index < -0.39 is 0 Å². The van der Waals surface area contributed by atoms with Gasteiger partial charge in [0.05, 0.1) is 25.8 Å². The zero-order valence-corrected chi connectivity index (χ0v) is 14.2. The number of fused-ring (bicyclic) bond motifs is 1. The first-order chi connectivity index (χ1) is 12.1. The molecule has 2 aromatic carbocycles. The first-order valence-electron chi connectivity index (χ1n) is 8.00. The van der Waals surface area contributed by atoms with Gasteiger partial charge in [-0.2, -0.15) is 0 Å². The smallest absolute Gasteiger partial charge is 0.338 e. The molecule has 6 heteroatoms. The van der Waals surface area contributed by atoms with Gasteiger partial charge >= 0.3 is 5.97 Å². The van der Waals surface area contributed by atoms with Gasteiger partial charge in [-0.15, -0.1) is 0 Å². The molecule has 6 nitrogen and oxygen atoms in total. The van der Waals surface area contributed by atoms with Crippen LogP contribution in [0, 0.1) is 0 Å². The molecule has 0 bridgehead atoms. The van der Waals surface area contributed by atoms with Crippen molar-refractivity contribution in [3.63, 3.8) is 0 Å². The van der Waals surface area contributed by atoms with Crippen LogP contribution in [0.4, 0.5) is 5.69 Å². The van der Waals surface area contributed by atoms with Crippen LogP contribution in [0.25, 0.3) is 0 Å². The standard InChI is InChI=1S/C19H19NO5/c1-3-24-19(22)13-7-9-15(10-8-13)20-11-14-5-4-6-16(23-2)18(14)25-12-17(20)21/h4-10H,3,11-12H2,1-2H3. The quantitative estimate of drug-likeness (QED) is 0.800. The van der Waals surface area contributed by atoms with Crippen molar-refractivity contribution in [3.8, 4) is 11.5 Å². The zero-order chi connectivity index (χ0) is 17.8. The Morgan fingerprint density at radius 1 is 1.20 bits per heavy atom. The third-order valence-electron chi connectivity index (χ3n) is 3.94. The predicted molar refractivity (Wildman–Crippen MR) is 92.1 cm³/mol. The average molecular weight is 341 g/mol. The van der Waals surface area contributed by atoms with Gasteiger partial charge < -0.3 is 19.1 Å². The number of nitrogens with zero attached hydrogens (tertiary/aromatic N) is 1. The third kappa shape index (κ3) is 3.42. The minimum absolute atomic E-state index is 0.0764. The molecule has 0 spiro atoms. The molecule has 1 aliphatic heterocycles. The van der Waals surface area contributed by atoms with E-state index >= 15 is 0 Å². The van der Waals surface area contributed by atoms with Gasteiger partial charge in [0.25, 0.3) is 5.91 Å². The lowest BCUT2D eigenvalue weighted by molar-refractivity contribution is -0.120. The van der Waals surface area contributed by atoms with Crippen LogP contribution in [0.3, 0.4) is 0 Å². The first-order valence-corrected chi connectivity index (χ1v) is 8.00. The SMILES string of the molecule is CCOC(=O)c1ccc(N2Cc3cccc(OC)c3OCC2=O)cc1. The highest BCUT2D eigenvalue weighted by Crippen LogP contribution is 2.34. The Morgan fingerprint density at radius 2 is 1.96 bits per heavy atom. The van der Waals surface area contributed by atoms with Crippen molar-refractivity contribution in [1.29, 1.82) is 0 Å². The first kappa shape index (κ1) is 16.8. The number of ether oxygens (including phenoxy) is 3. The molecule has 1 heterocycles. The number of para-hydroxylation sites is 1. The summed E-state index contributed by atoms with van der Waals surface area (Å²) in [6, 6.07) is 12.3. The minimum Gasteiger partial charge on any atom is -0.493 e. The molecular formula is C19H19NO5. The largest absolute Gasteiger partial charge is 0.493 e. The van der Waals surface area contributed by atoms with Gasteiger partial charge in [0, 0.05) is 11.3 Å². The molecule has 3 rings (SSSR count). The number of anilines is 1. The highest BCUT2D eigenvalue weighted by Gasteiger charge is 2.25. The van der Waals surface area contributed by atoms with Crippen LogP contribution in [0.2, 0.25) is 0 Å². The van der Waals surface area contributed by atoms with Crippen molar-refractivity contribution >= 4 is 17.6 Å². The molecule has 130 valence electrons. The summed E-state index contributed by atoms with van der Waals surface area (Å²) >= 11 is 0. The molecule has 0 atom stereocenters. The summed E-state index contributed by atoms with van der Waals surface area (Å²) in [6.07, 6.45) is 0. The molecule has 0 aliphatic carbocycles. The Labute approximate surface area is 145 Å². The number of carbonyl (C=O) groups is 2. The van der Waals surface area contributed by atoms with E-state index in [1.165, 1.54) is 0 Å². The normalized spacial score (nSPS) is 13.5. The fraction of sp³-hybridized carbons (Fsp3) is 0.263. The molecule has 0 saturated heterocycles. The summed E-state index contributed by atoms with van der Waals surface area (Å²) in [4.78, 5) is 25.8. The monoisotopic (exact) mass is 341 g/mol. The van der Waals surface area contributed by atoms with Gasteiger partial charge in [0.1, 0.15) is 0 Å². The fourth-order valence-corrected chi connectivity index (χ4v) is 2.71. The summed E-state index contributed by atoms with van der Waals surface area (Å²) in [6.45, 7) is 2.37. The lowest BCUT2D eigenvalue weighted by Crippen LogP contribution is -2.32. The molecule has 1 amide bonds. The summed E-state index contributed by atoms with van der Waals surface area (Å²) < 4.78 is 15.9. The summed E-state index contributed by atoms with van der Waals surface area (Å²) in [5.74, 6) is 0.644. The number of hydrogen-bond donors (Lipinski definition) is 0. The van der Waals surface area contributed by atoms with Gasteiger partial charge in [-0.3, -0.25) is 4.79 Å². The van der Waals surface area contributed by atoms with Crippen LogP contribution in [0.1, 0.15) is 22.8 Å². The van der Waals surface area contributed by atoms with Crippen LogP contribution < -0.4 is 14.4 Å². The van der Waals surface area contributed by atoms with Gasteiger partial charge in [0.2, 0.25) is 0 Å². The Kier molecular flexibility index (Phi) is 4.88. The molecule has 2 aromatic rings. The molecule has 25 heavy (non-hydrogen) atoms. The Morgan fingerprint density at radius 3 is 2.64 bits per heavy atom. The van der Waals surface area contributed by atoms with Crippen LogP contribution in [0.15, 0.2) is 42.5 Å². The third-order valence-corrected chi connectivity index (χ3v) is 3.94. The second-order valence-corrected chi connectivity index (χ2v) is 5.48. The maximum absolute atomic E-state index is 12.5. The Hall–Kier alpha value is -3.02. The average Bonchev–Trinajstić information content (AvgIpc) is 2.81. The Bertz CT molecular complexity index is 785. The van der Waals surface area contributed by atoms with Crippen LogP contribution >= 0.6 is 0 Å². The topological polar surface area (TPSA) is 65.1 Å². The Balaban J connectivity index is 1.88. The summed E-state index contributed by atoms with van der Waals surface area (Å²) in [7, 11) is 1.57. The number of carbonyl (C=O) groups excluding carboxylic acids is 2. The summed E-state index contributed by atoms with van der Waals surface area (Å²) in [5.41, 5.74) is 2.00. The number of amides is 1. The summed E-state index contributed by atoms with van der Waals surface area (Å²) in [5, 5.41) is 0. The van der Waals surface area contributed by atoms with Gasteiger partial charge in [0.15, 0.2) is 18.1 Å². The van der Waals surface area contributed by atoms with E-state index in [2.05, 4.69) is 0 Å². The molecule has 0 aromatic heterocycles. The molecule has 1 aliphatic rings. The van der Waals surface area contributed by atoms with Crippen molar-refractivity contribution in [3.05, 3.63) is 53.6 Å². The molecule has 0 saturated carbocycles. The van der Waals surface area contributed by atoms with E-state index in [-0.39, 0.29) is 18.5 Å². The van der Waals surface area contributed by atoms with E-state index in [4.69, 9.17) is 14.2 Å². The lowest BCUT2D eigenvalue weighted by Gasteiger charge is -2.20. The fourth-order valence-electron chi connectivity index (χ4n) is 2.71. The highest BCUT2D eigenvalue weighted by molar-refractivity contribution is 5.96. The molecule has 0 unspecified atom stereocenters. The maximum atomic E-state index is 12.5. The minimum atomic E-state index is -0.380. The number of benzene rings is 2. The zero-order valence-electron chi connectivity index (χ0n) is 14.2. The van der Waals surface area contributed by atoms with Crippen LogP contribution in [0.5, 0.6) is 11.5 Å². The van der Waals surface area contributed by atoms with E-state index in [9.17, 15) is 9.59 Å². The van der Waals surface area contributed by atoms with Crippen molar-refractivity contribution in [1.82, 2.24) is 0 Å². The second kappa shape index (κ2) is 7.25. The number of methoxy groups -OCH3 is 1. The lowest BCUT2D eigenvalue weighted by atomic mass is 10.1. The predicted octanol–water partition coefficient (Wildman–Crippen LogP) is 2.80. The van der Waals surface area contributed by atoms with E-state index in [1.807, 2.05) is 12.1 Å². The number of hydrogen-bond acceptors (Lipinski definition) is 5. The van der Waals surface area contributed by atoms with E-state index in [1.54, 1.807) is 49.3 Å². The highest BCUT2D eigenvalue weighted by atomic mass is 16.5.